The number of amides is 2. The molecule has 3 N–H and O–H groups in total. The van der Waals surface area contributed by atoms with Gasteiger partial charge in [0, 0.05) is 6.07 Å². The molecule has 2 heterocycles. The Kier molecular flexibility index (Phi) is 6.70. The molecule has 12 heteroatoms. The second-order valence-electron chi connectivity index (χ2n) is 6.19. The third-order valence-electron chi connectivity index (χ3n) is 4.03. The zero-order valence-electron chi connectivity index (χ0n) is 15.9. The molecule has 2 amide bonds. The highest BCUT2D eigenvalue weighted by Crippen LogP contribution is 2.30. The molecule has 0 bridgehead atoms. The van der Waals surface area contributed by atoms with Gasteiger partial charge in [0.2, 0.25) is 6.86 Å². The Morgan fingerprint density at radius 2 is 2.00 bits per heavy atom. The first-order chi connectivity index (χ1) is 14.8. The largest absolute Gasteiger partial charge is 0.463 e. The zero-order valence-corrected chi connectivity index (χ0v) is 15.9. The summed E-state index contributed by atoms with van der Waals surface area (Å²) in [5.41, 5.74) is -0.176. The third kappa shape index (κ3) is 5.69. The van der Waals surface area contributed by atoms with Gasteiger partial charge in [-0.3, -0.25) is 4.98 Å². The van der Waals surface area contributed by atoms with Gasteiger partial charge in [0.1, 0.15) is 5.75 Å². The van der Waals surface area contributed by atoms with Gasteiger partial charge in [0.05, 0.1) is 42.1 Å². The minimum atomic E-state index is -4.70. The molecule has 0 aliphatic heterocycles. The van der Waals surface area contributed by atoms with E-state index in [1.165, 1.54) is 42.6 Å². The smallest absolute Gasteiger partial charge is 0.435 e. The van der Waals surface area contributed by atoms with Crippen LogP contribution in [0.5, 0.6) is 5.75 Å². The zero-order chi connectivity index (χ0) is 22.4. The van der Waals surface area contributed by atoms with E-state index >= 15 is 0 Å². The van der Waals surface area contributed by atoms with Crippen LogP contribution in [0.4, 0.5) is 28.0 Å². The molecule has 1 aromatic carbocycles. The first-order valence-corrected chi connectivity index (χ1v) is 8.86. The number of anilines is 1. The fourth-order valence-corrected chi connectivity index (χ4v) is 2.61. The maximum Gasteiger partial charge on any atom is 0.435 e. The molecule has 0 radical (unpaired) electrons. The summed E-state index contributed by atoms with van der Waals surface area (Å²) in [7, 11) is 0. The van der Waals surface area contributed by atoms with Crippen molar-refractivity contribution in [2.75, 3.05) is 12.2 Å². The second-order valence-corrected chi connectivity index (χ2v) is 6.19. The summed E-state index contributed by atoms with van der Waals surface area (Å²) in [6.07, 6.45) is -3.37. The molecule has 0 aliphatic rings. The maximum atomic E-state index is 13.2. The van der Waals surface area contributed by atoms with Crippen LogP contribution in [0.2, 0.25) is 0 Å². The molecule has 2 aromatic heterocycles. The number of hydrogen-bond acceptors (Lipinski definition) is 5. The van der Waals surface area contributed by atoms with E-state index in [4.69, 9.17) is 9.84 Å². The number of carbonyl (C=O) groups excluding carboxylic acids is 1. The highest BCUT2D eigenvalue weighted by Gasteiger charge is 2.35. The van der Waals surface area contributed by atoms with E-state index in [0.29, 0.717) is 11.4 Å². The summed E-state index contributed by atoms with van der Waals surface area (Å²) in [5.74, 6) is 0.111. The highest BCUT2D eigenvalue weighted by molar-refractivity contribution is 5.88. The van der Waals surface area contributed by atoms with E-state index in [1.54, 1.807) is 0 Å². The van der Waals surface area contributed by atoms with Crippen LogP contribution in [0.3, 0.4) is 0 Å². The fraction of sp³-hybridized carbons (Fsp3) is 0.211. The lowest BCUT2D eigenvalue weighted by Crippen LogP contribution is -2.29. The van der Waals surface area contributed by atoms with Crippen molar-refractivity contribution in [3.05, 3.63) is 65.7 Å². The number of rotatable bonds is 7. The summed E-state index contributed by atoms with van der Waals surface area (Å²) in [4.78, 5) is 16.0. The Morgan fingerprint density at radius 1 is 1.19 bits per heavy atom. The minimum absolute atomic E-state index is 0.0358. The fourth-order valence-electron chi connectivity index (χ4n) is 2.61. The summed E-state index contributed by atoms with van der Waals surface area (Å²) in [5, 5.41) is 17.5. The van der Waals surface area contributed by atoms with Crippen molar-refractivity contribution in [3.8, 4) is 11.4 Å². The number of pyridine rings is 1. The third-order valence-corrected chi connectivity index (χ3v) is 4.03. The Bertz CT molecular complexity index is 1040. The number of nitrogens with one attached hydrogen (secondary N) is 2. The number of aromatic nitrogens is 3. The van der Waals surface area contributed by atoms with Crippen molar-refractivity contribution >= 4 is 11.7 Å². The van der Waals surface area contributed by atoms with Gasteiger partial charge in [-0.2, -0.15) is 18.3 Å². The van der Waals surface area contributed by atoms with Crippen LogP contribution in [0.15, 0.2) is 48.7 Å². The van der Waals surface area contributed by atoms with Crippen LogP contribution in [0, 0.1) is 0 Å². The van der Waals surface area contributed by atoms with Crippen LogP contribution < -0.4 is 15.4 Å². The van der Waals surface area contributed by atoms with Gasteiger partial charge in [0.25, 0.3) is 0 Å². The van der Waals surface area contributed by atoms with E-state index in [0.717, 1.165) is 10.7 Å². The Hall–Kier alpha value is -3.67. The maximum absolute atomic E-state index is 13.2. The predicted octanol–water partition coefficient (Wildman–Crippen LogP) is 3.41. The van der Waals surface area contributed by atoms with E-state index in [-0.39, 0.29) is 30.3 Å². The molecular formula is C19H17F4N5O3. The number of benzene rings is 1. The number of carbonyl (C=O) groups is 1. The van der Waals surface area contributed by atoms with Crippen LogP contribution >= 0.6 is 0 Å². The number of ether oxygens (including phenoxy) is 1. The van der Waals surface area contributed by atoms with Gasteiger partial charge >= 0.3 is 12.2 Å². The Balaban J connectivity index is 1.78. The van der Waals surface area contributed by atoms with E-state index in [9.17, 15) is 22.4 Å². The number of urea groups is 1. The van der Waals surface area contributed by atoms with Crippen molar-refractivity contribution in [3.63, 3.8) is 0 Å². The molecule has 31 heavy (non-hydrogen) atoms. The van der Waals surface area contributed by atoms with Gasteiger partial charge in [0.15, 0.2) is 5.69 Å². The molecule has 3 rings (SSSR count). The monoisotopic (exact) mass is 439 g/mol. The summed E-state index contributed by atoms with van der Waals surface area (Å²) in [6.45, 7) is -1.64. The molecule has 0 fully saturated rings. The summed E-state index contributed by atoms with van der Waals surface area (Å²) < 4.78 is 57.7. The van der Waals surface area contributed by atoms with Crippen molar-refractivity contribution in [1.82, 2.24) is 20.1 Å². The van der Waals surface area contributed by atoms with Gasteiger partial charge < -0.3 is 20.5 Å². The molecule has 8 nitrogen and oxygen atoms in total. The first kappa shape index (κ1) is 22.0. The average Bonchev–Trinajstić information content (AvgIpc) is 3.18. The summed E-state index contributed by atoms with van der Waals surface area (Å²) >= 11 is 0. The molecule has 0 saturated heterocycles. The minimum Gasteiger partial charge on any atom is -0.463 e. The molecule has 3 aromatic rings. The van der Waals surface area contributed by atoms with E-state index in [1.807, 2.05) is 0 Å². The second kappa shape index (κ2) is 9.43. The normalized spacial score (nSPS) is 11.3. The van der Waals surface area contributed by atoms with Crippen molar-refractivity contribution in [2.45, 2.75) is 19.3 Å². The van der Waals surface area contributed by atoms with Crippen LogP contribution in [-0.2, 0) is 19.3 Å². The standard InChI is InChI=1S/C19H17F4N5O3/c20-11-31-16-3-1-2-14(6-16)28-15(7-17(27-28)19(21,22)23)9-25-18(30)26-12-4-5-13(10-29)24-8-12/h1-8,29H,9-11H2,(H2,25,26,30). The number of aliphatic hydroxyl groups excluding tert-OH is 1. The van der Waals surface area contributed by atoms with Gasteiger partial charge in [-0.15, -0.1) is 0 Å². The number of halogens is 4. The van der Waals surface area contributed by atoms with Gasteiger partial charge in [-0.1, -0.05) is 6.07 Å². The topological polar surface area (TPSA) is 101 Å². The van der Waals surface area contributed by atoms with Gasteiger partial charge in [-0.05, 0) is 30.3 Å². The Morgan fingerprint density at radius 3 is 2.65 bits per heavy atom. The number of aliphatic hydroxyl groups is 1. The lowest BCUT2D eigenvalue weighted by atomic mass is 10.3. The SMILES string of the molecule is O=C(NCc1cc(C(F)(F)F)nn1-c1cccc(OCF)c1)Nc1ccc(CO)nc1. The average molecular weight is 439 g/mol. The summed E-state index contributed by atoms with van der Waals surface area (Å²) in [6, 6.07) is 8.85. The number of nitrogens with zero attached hydrogens (tertiary/aromatic N) is 3. The molecule has 0 spiro atoms. The van der Waals surface area contributed by atoms with Crippen LogP contribution in [0.1, 0.15) is 17.1 Å². The number of alkyl halides is 4. The van der Waals surface area contributed by atoms with Crippen LogP contribution in [0.25, 0.3) is 5.69 Å². The molecular weight excluding hydrogens is 422 g/mol. The predicted molar refractivity (Wildman–Crippen MR) is 101 cm³/mol. The highest BCUT2D eigenvalue weighted by atomic mass is 19.4. The molecule has 164 valence electrons. The number of hydrogen-bond donors (Lipinski definition) is 3. The van der Waals surface area contributed by atoms with E-state index in [2.05, 4.69) is 20.7 Å². The van der Waals surface area contributed by atoms with Crippen molar-refractivity contribution < 1.29 is 32.2 Å². The van der Waals surface area contributed by atoms with Crippen molar-refractivity contribution in [2.24, 2.45) is 0 Å². The first-order valence-electron chi connectivity index (χ1n) is 8.86. The lowest BCUT2D eigenvalue weighted by Gasteiger charge is -2.11. The van der Waals surface area contributed by atoms with E-state index < -0.39 is 24.8 Å². The Labute approximate surface area is 173 Å². The molecule has 0 aliphatic carbocycles. The molecule has 0 atom stereocenters. The van der Waals surface area contributed by atoms with Crippen molar-refractivity contribution in [1.29, 1.82) is 0 Å². The van der Waals surface area contributed by atoms with Gasteiger partial charge in [-0.25, -0.2) is 13.9 Å². The molecule has 0 unspecified atom stereocenters. The quantitative estimate of drug-likeness (QED) is 0.490. The van der Waals surface area contributed by atoms with Crippen LogP contribution in [-0.4, -0.2) is 32.8 Å². The lowest BCUT2D eigenvalue weighted by molar-refractivity contribution is -0.141. The molecule has 0 saturated carbocycles.